The van der Waals surface area contributed by atoms with Crippen LogP contribution in [-0.2, 0) is 4.74 Å². The molecule has 0 aromatic heterocycles. The zero-order valence-corrected chi connectivity index (χ0v) is 8.80. The van der Waals surface area contributed by atoms with Gasteiger partial charge in [0.1, 0.15) is 0 Å². The average molecular weight is 202 g/mol. The smallest absolute Gasteiger partial charge is 0.0697 e. The minimum absolute atomic E-state index is 0.127. The van der Waals surface area contributed by atoms with Crippen molar-refractivity contribution < 1.29 is 9.84 Å². The Bertz CT molecular complexity index is 127. The van der Waals surface area contributed by atoms with Gasteiger partial charge in [0, 0.05) is 12.6 Å². The SMILES string of the molecule is OCCOCCCNC1CCNCC1. The molecular weight excluding hydrogens is 180 g/mol. The Kier molecular flexibility index (Phi) is 6.95. The standard InChI is InChI=1S/C10H22N2O2/c13-7-9-14-8-1-4-12-10-2-5-11-6-3-10/h10-13H,1-9H2. The van der Waals surface area contributed by atoms with Crippen LogP contribution in [0.15, 0.2) is 0 Å². The van der Waals surface area contributed by atoms with Crippen molar-refractivity contribution in [1.82, 2.24) is 10.6 Å². The Labute approximate surface area is 86.0 Å². The molecule has 0 aliphatic carbocycles. The Balaban J connectivity index is 1.82. The van der Waals surface area contributed by atoms with E-state index in [4.69, 9.17) is 9.84 Å². The van der Waals surface area contributed by atoms with E-state index < -0.39 is 0 Å². The summed E-state index contributed by atoms with van der Waals surface area (Å²) in [6.45, 7) is 4.64. The third-order valence-corrected chi connectivity index (χ3v) is 2.47. The lowest BCUT2D eigenvalue weighted by atomic mass is 10.1. The molecule has 0 radical (unpaired) electrons. The van der Waals surface area contributed by atoms with Gasteiger partial charge in [-0.15, -0.1) is 0 Å². The zero-order chi connectivity index (χ0) is 10.1. The summed E-state index contributed by atoms with van der Waals surface area (Å²) < 4.78 is 5.17. The van der Waals surface area contributed by atoms with E-state index in [1.54, 1.807) is 0 Å². The van der Waals surface area contributed by atoms with Crippen molar-refractivity contribution in [2.75, 3.05) is 39.5 Å². The summed E-state index contributed by atoms with van der Waals surface area (Å²) in [5.74, 6) is 0. The minimum atomic E-state index is 0.127. The minimum Gasteiger partial charge on any atom is -0.394 e. The van der Waals surface area contributed by atoms with Gasteiger partial charge < -0.3 is 20.5 Å². The van der Waals surface area contributed by atoms with E-state index in [1.807, 2.05) is 0 Å². The molecule has 1 heterocycles. The van der Waals surface area contributed by atoms with Crippen LogP contribution in [0.1, 0.15) is 19.3 Å². The maximum atomic E-state index is 8.48. The van der Waals surface area contributed by atoms with Crippen molar-refractivity contribution >= 4 is 0 Å². The quantitative estimate of drug-likeness (QED) is 0.497. The largest absolute Gasteiger partial charge is 0.394 e. The summed E-state index contributed by atoms with van der Waals surface area (Å²) in [5, 5.41) is 15.3. The van der Waals surface area contributed by atoms with E-state index in [9.17, 15) is 0 Å². The molecule has 0 unspecified atom stereocenters. The van der Waals surface area contributed by atoms with Gasteiger partial charge in [-0.25, -0.2) is 0 Å². The molecule has 1 rings (SSSR count). The van der Waals surface area contributed by atoms with Gasteiger partial charge in [-0.05, 0) is 38.9 Å². The van der Waals surface area contributed by atoms with Gasteiger partial charge in [0.05, 0.1) is 13.2 Å². The van der Waals surface area contributed by atoms with Crippen LogP contribution in [0.3, 0.4) is 0 Å². The highest BCUT2D eigenvalue weighted by Gasteiger charge is 2.10. The molecule has 0 saturated carbocycles. The summed E-state index contributed by atoms with van der Waals surface area (Å²) in [4.78, 5) is 0. The van der Waals surface area contributed by atoms with Crippen molar-refractivity contribution in [1.29, 1.82) is 0 Å². The van der Waals surface area contributed by atoms with Crippen LogP contribution in [0.2, 0.25) is 0 Å². The van der Waals surface area contributed by atoms with E-state index in [2.05, 4.69) is 10.6 Å². The highest BCUT2D eigenvalue weighted by atomic mass is 16.5. The molecule has 0 atom stereocenters. The number of rotatable bonds is 7. The molecule has 0 spiro atoms. The van der Waals surface area contributed by atoms with Gasteiger partial charge >= 0.3 is 0 Å². The average Bonchev–Trinajstić information content (AvgIpc) is 2.25. The van der Waals surface area contributed by atoms with Gasteiger partial charge in [-0.1, -0.05) is 0 Å². The van der Waals surface area contributed by atoms with Crippen LogP contribution in [0.25, 0.3) is 0 Å². The van der Waals surface area contributed by atoms with Crippen molar-refractivity contribution in [3.8, 4) is 0 Å². The molecule has 3 N–H and O–H groups in total. The lowest BCUT2D eigenvalue weighted by Gasteiger charge is -2.23. The Morgan fingerprint density at radius 1 is 1.29 bits per heavy atom. The fourth-order valence-corrected chi connectivity index (χ4v) is 1.67. The molecule has 0 aromatic rings. The van der Waals surface area contributed by atoms with E-state index in [1.165, 1.54) is 12.8 Å². The summed E-state index contributed by atoms with van der Waals surface area (Å²) in [6, 6.07) is 0.689. The number of hydrogen-bond donors (Lipinski definition) is 3. The van der Waals surface area contributed by atoms with Crippen molar-refractivity contribution in [3.63, 3.8) is 0 Å². The van der Waals surface area contributed by atoms with Crippen LogP contribution in [0.5, 0.6) is 0 Å². The Hall–Kier alpha value is -0.160. The van der Waals surface area contributed by atoms with Crippen molar-refractivity contribution in [3.05, 3.63) is 0 Å². The second kappa shape index (κ2) is 8.17. The van der Waals surface area contributed by atoms with Crippen LogP contribution in [-0.4, -0.2) is 50.6 Å². The van der Waals surface area contributed by atoms with Crippen LogP contribution in [0, 0.1) is 0 Å². The molecule has 1 fully saturated rings. The lowest BCUT2D eigenvalue weighted by Crippen LogP contribution is -2.40. The van der Waals surface area contributed by atoms with Gasteiger partial charge in [0.2, 0.25) is 0 Å². The molecule has 84 valence electrons. The maximum Gasteiger partial charge on any atom is 0.0697 e. The Morgan fingerprint density at radius 3 is 2.79 bits per heavy atom. The van der Waals surface area contributed by atoms with E-state index in [0.717, 1.165) is 32.7 Å². The summed E-state index contributed by atoms with van der Waals surface area (Å²) >= 11 is 0. The predicted octanol–water partition coefficient (Wildman–Crippen LogP) is -0.273. The number of ether oxygens (including phenoxy) is 1. The van der Waals surface area contributed by atoms with E-state index in [-0.39, 0.29) is 6.61 Å². The van der Waals surface area contributed by atoms with Crippen LogP contribution in [0.4, 0.5) is 0 Å². The number of aliphatic hydroxyl groups is 1. The summed E-state index contributed by atoms with van der Waals surface area (Å²) in [5.41, 5.74) is 0. The van der Waals surface area contributed by atoms with Gasteiger partial charge in [-0.2, -0.15) is 0 Å². The molecule has 14 heavy (non-hydrogen) atoms. The molecule has 4 heteroatoms. The molecule has 1 aliphatic rings. The first kappa shape index (κ1) is 11.9. The topological polar surface area (TPSA) is 53.5 Å². The summed E-state index contributed by atoms with van der Waals surface area (Å²) in [7, 11) is 0. The molecule has 0 aromatic carbocycles. The van der Waals surface area contributed by atoms with Crippen LogP contribution >= 0.6 is 0 Å². The maximum absolute atomic E-state index is 8.48. The molecule has 1 aliphatic heterocycles. The highest BCUT2D eigenvalue weighted by molar-refractivity contribution is 4.73. The van der Waals surface area contributed by atoms with E-state index >= 15 is 0 Å². The lowest BCUT2D eigenvalue weighted by molar-refractivity contribution is 0.0902. The second-order valence-electron chi connectivity index (χ2n) is 3.67. The normalized spacial score (nSPS) is 18.6. The first-order valence-electron chi connectivity index (χ1n) is 5.56. The third kappa shape index (κ3) is 5.54. The first-order chi connectivity index (χ1) is 6.93. The first-order valence-corrected chi connectivity index (χ1v) is 5.56. The number of hydrogen-bond acceptors (Lipinski definition) is 4. The Morgan fingerprint density at radius 2 is 2.07 bits per heavy atom. The number of aliphatic hydroxyl groups excluding tert-OH is 1. The van der Waals surface area contributed by atoms with Crippen molar-refractivity contribution in [2.45, 2.75) is 25.3 Å². The fourth-order valence-electron chi connectivity index (χ4n) is 1.67. The van der Waals surface area contributed by atoms with Crippen molar-refractivity contribution in [2.24, 2.45) is 0 Å². The summed E-state index contributed by atoms with van der Waals surface area (Å²) in [6.07, 6.45) is 3.50. The van der Waals surface area contributed by atoms with Gasteiger partial charge in [0.25, 0.3) is 0 Å². The monoisotopic (exact) mass is 202 g/mol. The second-order valence-corrected chi connectivity index (χ2v) is 3.67. The molecule has 4 nitrogen and oxygen atoms in total. The predicted molar refractivity (Wildman–Crippen MR) is 56.4 cm³/mol. The fraction of sp³-hybridized carbons (Fsp3) is 1.00. The van der Waals surface area contributed by atoms with Crippen LogP contribution < -0.4 is 10.6 Å². The van der Waals surface area contributed by atoms with Gasteiger partial charge in [0.15, 0.2) is 0 Å². The zero-order valence-electron chi connectivity index (χ0n) is 8.80. The molecule has 1 saturated heterocycles. The number of piperidine rings is 1. The molecule has 0 bridgehead atoms. The molecule has 0 amide bonds. The molecular formula is C10H22N2O2. The highest BCUT2D eigenvalue weighted by Crippen LogP contribution is 2.01. The number of nitrogens with one attached hydrogen (secondary N) is 2. The third-order valence-electron chi connectivity index (χ3n) is 2.47. The van der Waals surface area contributed by atoms with Gasteiger partial charge in [-0.3, -0.25) is 0 Å². The van der Waals surface area contributed by atoms with E-state index in [0.29, 0.717) is 12.6 Å².